The number of carbonyl (C=O) groups is 5. The molecule has 5 rings (SSSR count). The number of benzene rings is 3. The summed E-state index contributed by atoms with van der Waals surface area (Å²) in [6.45, 7) is 2.70. The second-order valence-corrected chi connectivity index (χ2v) is 17.8. The number of rotatable bonds is 16. The Balaban J connectivity index is 1.55. The second-order valence-electron chi connectivity index (χ2n) is 15.4. The monoisotopic (exact) mass is 959 g/mol. The molecule has 18 nitrogen and oxygen atoms in total. The first-order valence-corrected chi connectivity index (χ1v) is 22.6. The SMILES string of the molecule is Cc1nc(-c2ccc(S(F)(F)(F)(F)F)cc2)ncc1C(=O)NC(CCN)C(=O)N(C)[C@@H]1C(=O)N[C@@H](C)C(=O)N[C@H](C(=O)NCC#N)Cc2ccc(OCCN)c(c2)-c2cc1ccc2OCCN. The number of nitrogens with two attached hydrogens (primary N) is 3. The van der Waals surface area contributed by atoms with Crippen LogP contribution in [0.4, 0.5) is 19.4 Å². The van der Waals surface area contributed by atoms with Crippen molar-refractivity contribution in [2.75, 3.05) is 46.4 Å². The van der Waals surface area contributed by atoms with Gasteiger partial charge in [-0.25, -0.2) is 9.97 Å². The van der Waals surface area contributed by atoms with E-state index >= 15 is 0 Å². The van der Waals surface area contributed by atoms with Crippen molar-refractivity contribution in [2.45, 2.75) is 55.8 Å². The third-order valence-electron chi connectivity index (χ3n) is 10.4. The van der Waals surface area contributed by atoms with Crippen LogP contribution in [0.1, 0.15) is 46.6 Å². The van der Waals surface area contributed by atoms with E-state index in [0.29, 0.717) is 28.2 Å². The number of hydrogen-bond acceptors (Lipinski definition) is 13. The van der Waals surface area contributed by atoms with E-state index in [1.165, 1.54) is 27.0 Å². The van der Waals surface area contributed by atoms with Crippen LogP contribution in [0.15, 0.2) is 71.8 Å². The molecule has 24 heteroatoms. The summed E-state index contributed by atoms with van der Waals surface area (Å²) in [5.74, 6) is -3.55. The van der Waals surface area contributed by atoms with Gasteiger partial charge in [-0.3, -0.25) is 24.0 Å². The van der Waals surface area contributed by atoms with Gasteiger partial charge < -0.3 is 52.8 Å². The maximum Gasteiger partial charge on any atom is 0.310 e. The molecule has 0 saturated heterocycles. The zero-order chi connectivity index (χ0) is 49.3. The lowest BCUT2D eigenvalue weighted by molar-refractivity contribution is -0.141. The van der Waals surface area contributed by atoms with Gasteiger partial charge in [0.15, 0.2) is 5.82 Å². The Morgan fingerprint density at radius 2 is 1.54 bits per heavy atom. The quantitative estimate of drug-likeness (QED) is 0.0628. The number of nitrogens with one attached hydrogen (secondary N) is 4. The fraction of sp³-hybridized carbons (Fsp3) is 0.349. The second kappa shape index (κ2) is 20.3. The number of fused-ring (bicyclic) bond motifs is 5. The highest BCUT2D eigenvalue weighted by molar-refractivity contribution is 8.45. The Labute approximate surface area is 381 Å². The molecule has 0 fully saturated rings. The first-order valence-electron chi connectivity index (χ1n) is 20.6. The van der Waals surface area contributed by atoms with E-state index in [-0.39, 0.29) is 92.6 Å². The number of aryl methyl sites for hydroxylation is 1. The molecule has 4 aromatic rings. The van der Waals surface area contributed by atoms with Crippen LogP contribution in [0.5, 0.6) is 11.5 Å². The van der Waals surface area contributed by atoms with Gasteiger partial charge in [0.1, 0.15) is 60.3 Å². The van der Waals surface area contributed by atoms with E-state index in [4.69, 9.17) is 31.9 Å². The lowest BCUT2D eigenvalue weighted by atomic mass is 9.93. The van der Waals surface area contributed by atoms with Gasteiger partial charge in [-0.1, -0.05) is 31.6 Å². The topological polar surface area (TPSA) is 283 Å². The number of nitrogens with zero attached hydrogens (tertiary/aromatic N) is 4. The number of likely N-dealkylation sites (N-methyl/N-ethyl adjacent to an activating group) is 1. The lowest BCUT2D eigenvalue weighted by Gasteiger charge is -2.40. The van der Waals surface area contributed by atoms with Crippen molar-refractivity contribution >= 4 is 39.8 Å². The van der Waals surface area contributed by atoms with Crippen LogP contribution in [0, 0.1) is 18.3 Å². The van der Waals surface area contributed by atoms with E-state index < -0.39 is 68.8 Å². The van der Waals surface area contributed by atoms with Crippen LogP contribution in [0.25, 0.3) is 22.5 Å². The zero-order valence-electron chi connectivity index (χ0n) is 36.5. The van der Waals surface area contributed by atoms with Crippen molar-refractivity contribution in [1.29, 1.82) is 5.26 Å². The van der Waals surface area contributed by atoms with Gasteiger partial charge in [0.25, 0.3) is 5.91 Å². The number of ether oxygens (including phenoxy) is 2. The summed E-state index contributed by atoms with van der Waals surface area (Å²) in [4.78, 5) is 76.9. The van der Waals surface area contributed by atoms with E-state index in [2.05, 4.69) is 31.2 Å². The minimum Gasteiger partial charge on any atom is -0.492 e. The summed E-state index contributed by atoms with van der Waals surface area (Å²) < 4.78 is 78.5. The van der Waals surface area contributed by atoms with Crippen LogP contribution in [-0.2, 0) is 25.6 Å². The normalized spacial score (nSPS) is 17.7. The Bertz CT molecular complexity index is 2570. The number of nitriles is 1. The molecule has 1 aliphatic heterocycles. The highest BCUT2D eigenvalue weighted by Gasteiger charge is 2.65. The molecular formula is C43H50F5N11O7S. The maximum absolute atomic E-state index is 14.6. The summed E-state index contributed by atoms with van der Waals surface area (Å²) in [5, 5.41) is 19.4. The number of halogens is 5. The molecule has 0 aliphatic carbocycles. The van der Waals surface area contributed by atoms with Crippen LogP contribution in [-0.4, -0.2) is 109 Å². The molecule has 1 aromatic heterocycles. The van der Waals surface area contributed by atoms with Gasteiger partial charge in [0.2, 0.25) is 23.6 Å². The van der Waals surface area contributed by atoms with Crippen molar-refractivity contribution in [3.8, 4) is 40.1 Å². The van der Waals surface area contributed by atoms with Gasteiger partial charge in [0.05, 0.1) is 17.3 Å². The van der Waals surface area contributed by atoms with Gasteiger partial charge >= 0.3 is 10.2 Å². The van der Waals surface area contributed by atoms with E-state index in [1.807, 2.05) is 6.07 Å². The molecule has 10 N–H and O–H groups in total. The van der Waals surface area contributed by atoms with E-state index in [0.717, 1.165) is 23.2 Å². The van der Waals surface area contributed by atoms with Crippen LogP contribution in [0.3, 0.4) is 0 Å². The lowest BCUT2D eigenvalue weighted by Crippen LogP contribution is -2.56. The average molecular weight is 960 g/mol. The Morgan fingerprint density at radius 3 is 2.12 bits per heavy atom. The highest BCUT2D eigenvalue weighted by atomic mass is 32.5. The molecule has 3 aromatic carbocycles. The average Bonchev–Trinajstić information content (AvgIpc) is 3.28. The molecule has 4 atom stereocenters. The van der Waals surface area contributed by atoms with Gasteiger partial charge in [-0.2, -0.15) is 5.26 Å². The fourth-order valence-corrected chi connectivity index (χ4v) is 7.71. The number of amides is 5. The van der Waals surface area contributed by atoms with Crippen molar-refractivity contribution < 1.29 is 52.9 Å². The van der Waals surface area contributed by atoms with Crippen molar-refractivity contribution in [2.24, 2.45) is 17.2 Å². The molecule has 2 heterocycles. The summed E-state index contributed by atoms with van der Waals surface area (Å²) in [6, 6.07) is 8.05. The minimum atomic E-state index is -9.94. The molecule has 0 spiro atoms. The van der Waals surface area contributed by atoms with Gasteiger partial charge in [-0.15, -0.1) is 0 Å². The molecule has 5 amide bonds. The number of hydrogen-bond donors (Lipinski definition) is 7. The summed E-state index contributed by atoms with van der Waals surface area (Å²) in [6.07, 6.45) is 0.838. The molecule has 1 aliphatic rings. The van der Waals surface area contributed by atoms with Gasteiger partial charge in [-0.05, 0) is 86.5 Å². The zero-order valence-corrected chi connectivity index (χ0v) is 37.3. The van der Waals surface area contributed by atoms with E-state index in [1.54, 1.807) is 30.3 Å². The Morgan fingerprint density at radius 1 is 0.910 bits per heavy atom. The minimum absolute atomic E-state index is 0.0115. The molecule has 4 bridgehead atoms. The molecule has 1 unspecified atom stereocenters. The van der Waals surface area contributed by atoms with Crippen LogP contribution < -0.4 is 47.9 Å². The Hall–Kier alpha value is -6.94. The summed E-state index contributed by atoms with van der Waals surface area (Å²) in [5.41, 5.74) is 18.8. The predicted molar refractivity (Wildman–Crippen MR) is 237 cm³/mol. The standard InChI is InChI=1S/C43H50F5N11O7S/c1-24-32(23-54-38(55-24)27-5-8-29(9-6-27)67(44,45,46,47)48)40(61)57-33(12-13-49)43(64)59(3)37-28-7-11-36(66-19-16-52)31(22-28)30-20-26(4-10-35(30)65-18-15-51)21-34(41(62)53-17-14-50)58-39(60)25(2)56-42(37)63/h4-11,20,22-23,25,33-34,37H,12-13,15-19,21,49,51-52H2,1-3H3,(H,53,62)(H,56,63)(H,57,61)(H,58,60)/t25-,33?,34-,37-/m0/s1. The largest absolute Gasteiger partial charge is 0.492 e. The molecule has 0 radical (unpaired) electrons. The molecular weight excluding hydrogens is 910 g/mol. The number of aromatic nitrogens is 2. The Kier molecular flexibility index (Phi) is 15.5. The van der Waals surface area contributed by atoms with Crippen molar-refractivity contribution in [1.82, 2.24) is 36.1 Å². The highest BCUT2D eigenvalue weighted by Crippen LogP contribution is 3.02. The molecule has 67 heavy (non-hydrogen) atoms. The van der Waals surface area contributed by atoms with Crippen molar-refractivity contribution in [3.05, 3.63) is 89.2 Å². The van der Waals surface area contributed by atoms with E-state index in [9.17, 15) is 43.4 Å². The van der Waals surface area contributed by atoms with Crippen molar-refractivity contribution in [3.63, 3.8) is 0 Å². The van der Waals surface area contributed by atoms with Crippen LogP contribution >= 0.6 is 10.2 Å². The number of carbonyl (C=O) groups excluding carboxylic acids is 5. The third-order valence-corrected chi connectivity index (χ3v) is 11.6. The summed E-state index contributed by atoms with van der Waals surface area (Å²) in [7, 11) is -8.65. The predicted octanol–water partition coefficient (Wildman–Crippen LogP) is 3.28. The first-order chi connectivity index (χ1) is 31.5. The smallest absolute Gasteiger partial charge is 0.310 e. The summed E-state index contributed by atoms with van der Waals surface area (Å²) >= 11 is 0. The fourth-order valence-electron chi connectivity index (χ4n) is 7.06. The van der Waals surface area contributed by atoms with Crippen LogP contribution in [0.2, 0.25) is 0 Å². The maximum atomic E-state index is 14.6. The van der Waals surface area contributed by atoms with Gasteiger partial charge in [0, 0.05) is 49.4 Å². The molecule has 360 valence electrons. The first kappa shape index (κ1) is 51.1. The molecule has 0 saturated carbocycles. The third kappa shape index (κ3) is 12.7.